The zero-order valence-electron chi connectivity index (χ0n) is 10.5. The first-order chi connectivity index (χ1) is 9.22. The first kappa shape index (κ1) is 11.5. The summed E-state index contributed by atoms with van der Waals surface area (Å²) in [4.78, 5) is 8.38. The lowest BCUT2D eigenvalue weighted by atomic mass is 10.2. The van der Waals surface area contributed by atoms with Crippen molar-refractivity contribution in [1.29, 1.82) is 0 Å². The topological polar surface area (TPSA) is 61.0 Å². The molecule has 0 atom stereocenters. The molecule has 0 aliphatic heterocycles. The number of rotatable bonds is 2. The summed E-state index contributed by atoms with van der Waals surface area (Å²) in [5, 5.41) is 0.846. The van der Waals surface area contributed by atoms with Crippen molar-refractivity contribution in [3.8, 4) is 11.6 Å². The Labute approximate surface area is 110 Å². The first-order valence-electron chi connectivity index (χ1n) is 5.97. The van der Waals surface area contributed by atoms with E-state index in [2.05, 4.69) is 9.97 Å². The zero-order chi connectivity index (χ0) is 13.2. The molecule has 2 aromatic carbocycles. The second kappa shape index (κ2) is 4.57. The number of hydrogen-bond acceptors (Lipinski definition) is 4. The molecule has 4 nitrogen and oxygen atoms in total. The van der Waals surface area contributed by atoms with Gasteiger partial charge in [-0.3, -0.25) is 0 Å². The van der Waals surface area contributed by atoms with Crippen LogP contribution < -0.4 is 10.5 Å². The van der Waals surface area contributed by atoms with Gasteiger partial charge in [0.15, 0.2) is 0 Å². The summed E-state index contributed by atoms with van der Waals surface area (Å²) in [6.45, 7) is 2.02. The van der Waals surface area contributed by atoms with Crippen LogP contribution in [0.3, 0.4) is 0 Å². The van der Waals surface area contributed by atoms with Gasteiger partial charge in [0, 0.05) is 5.69 Å². The average molecular weight is 251 g/mol. The van der Waals surface area contributed by atoms with Crippen molar-refractivity contribution >= 4 is 16.6 Å². The van der Waals surface area contributed by atoms with E-state index in [1.54, 1.807) is 6.07 Å². The number of anilines is 1. The highest BCUT2D eigenvalue weighted by atomic mass is 16.5. The standard InChI is InChI=1S/C15H13N3O/c1-10-3-2-4-12(7-10)19-15-13-6-5-11(16)8-14(13)17-9-18-15/h2-9H,16H2,1H3. The van der Waals surface area contributed by atoms with Crippen LogP contribution >= 0.6 is 0 Å². The van der Waals surface area contributed by atoms with Gasteiger partial charge < -0.3 is 10.5 Å². The van der Waals surface area contributed by atoms with E-state index >= 15 is 0 Å². The van der Waals surface area contributed by atoms with Gasteiger partial charge in [0.1, 0.15) is 12.1 Å². The van der Waals surface area contributed by atoms with Crippen LogP contribution in [-0.2, 0) is 0 Å². The average Bonchev–Trinajstić information content (AvgIpc) is 2.38. The van der Waals surface area contributed by atoms with E-state index in [0.29, 0.717) is 11.6 Å². The van der Waals surface area contributed by atoms with Crippen molar-refractivity contribution in [2.45, 2.75) is 6.92 Å². The summed E-state index contributed by atoms with van der Waals surface area (Å²) in [5.41, 5.74) is 8.33. The van der Waals surface area contributed by atoms with Gasteiger partial charge in [0.05, 0.1) is 10.9 Å². The lowest BCUT2D eigenvalue weighted by Crippen LogP contribution is -1.93. The third-order valence-electron chi connectivity index (χ3n) is 2.83. The molecule has 0 radical (unpaired) electrons. The predicted molar refractivity (Wildman–Crippen MR) is 75.2 cm³/mol. The third-order valence-corrected chi connectivity index (χ3v) is 2.83. The Morgan fingerprint density at radius 3 is 2.79 bits per heavy atom. The Morgan fingerprint density at radius 1 is 1.05 bits per heavy atom. The monoisotopic (exact) mass is 251 g/mol. The van der Waals surface area contributed by atoms with E-state index in [-0.39, 0.29) is 0 Å². The van der Waals surface area contributed by atoms with Crippen LogP contribution in [0.25, 0.3) is 10.9 Å². The largest absolute Gasteiger partial charge is 0.438 e. The summed E-state index contributed by atoms with van der Waals surface area (Å²) in [5.74, 6) is 1.30. The molecular formula is C15H13N3O. The molecule has 0 aliphatic rings. The SMILES string of the molecule is Cc1cccc(Oc2ncnc3cc(N)ccc23)c1. The highest BCUT2D eigenvalue weighted by molar-refractivity contribution is 5.85. The normalized spacial score (nSPS) is 10.6. The minimum Gasteiger partial charge on any atom is -0.438 e. The summed E-state index contributed by atoms with van der Waals surface area (Å²) in [7, 11) is 0. The highest BCUT2D eigenvalue weighted by Crippen LogP contribution is 2.27. The quantitative estimate of drug-likeness (QED) is 0.710. The minimum absolute atomic E-state index is 0.538. The molecule has 4 heteroatoms. The Hall–Kier alpha value is -2.62. The van der Waals surface area contributed by atoms with Crippen LogP contribution in [0.15, 0.2) is 48.8 Å². The molecule has 0 amide bonds. The van der Waals surface area contributed by atoms with E-state index in [1.165, 1.54) is 6.33 Å². The van der Waals surface area contributed by atoms with Crippen molar-refractivity contribution in [3.05, 3.63) is 54.4 Å². The fraction of sp³-hybridized carbons (Fsp3) is 0.0667. The maximum Gasteiger partial charge on any atom is 0.230 e. The number of benzene rings is 2. The number of aryl methyl sites for hydroxylation is 1. The Balaban J connectivity index is 2.06. The maximum atomic E-state index is 5.82. The van der Waals surface area contributed by atoms with E-state index < -0.39 is 0 Å². The molecule has 19 heavy (non-hydrogen) atoms. The van der Waals surface area contributed by atoms with E-state index in [9.17, 15) is 0 Å². The smallest absolute Gasteiger partial charge is 0.230 e. The van der Waals surface area contributed by atoms with Gasteiger partial charge in [-0.2, -0.15) is 0 Å². The van der Waals surface area contributed by atoms with Crippen LogP contribution in [0.1, 0.15) is 5.56 Å². The third kappa shape index (κ3) is 2.33. The fourth-order valence-corrected chi connectivity index (χ4v) is 1.92. The number of fused-ring (bicyclic) bond motifs is 1. The van der Waals surface area contributed by atoms with E-state index in [4.69, 9.17) is 10.5 Å². The number of hydrogen-bond donors (Lipinski definition) is 1. The van der Waals surface area contributed by atoms with Crippen molar-refractivity contribution < 1.29 is 4.74 Å². The fourth-order valence-electron chi connectivity index (χ4n) is 1.92. The first-order valence-corrected chi connectivity index (χ1v) is 5.97. The van der Waals surface area contributed by atoms with E-state index in [1.807, 2.05) is 43.3 Å². The molecule has 1 heterocycles. The number of nitrogen functional groups attached to an aromatic ring is 1. The molecule has 1 aromatic heterocycles. The molecule has 3 aromatic rings. The summed E-state index contributed by atoms with van der Waals surface area (Å²) in [6.07, 6.45) is 1.48. The van der Waals surface area contributed by atoms with E-state index in [0.717, 1.165) is 22.2 Å². The number of nitrogens with two attached hydrogens (primary N) is 1. The molecule has 0 saturated carbocycles. The van der Waals surface area contributed by atoms with Gasteiger partial charge in [-0.1, -0.05) is 12.1 Å². The van der Waals surface area contributed by atoms with Crippen molar-refractivity contribution in [2.75, 3.05) is 5.73 Å². The molecule has 0 fully saturated rings. The summed E-state index contributed by atoms with van der Waals surface area (Å²) in [6, 6.07) is 13.3. The molecular weight excluding hydrogens is 238 g/mol. The van der Waals surface area contributed by atoms with Crippen LogP contribution in [0, 0.1) is 6.92 Å². The number of nitrogens with zero attached hydrogens (tertiary/aromatic N) is 2. The zero-order valence-corrected chi connectivity index (χ0v) is 10.5. The molecule has 0 unspecified atom stereocenters. The molecule has 2 N–H and O–H groups in total. The van der Waals surface area contributed by atoms with Gasteiger partial charge in [0.25, 0.3) is 0 Å². The second-order valence-corrected chi connectivity index (χ2v) is 4.37. The lowest BCUT2D eigenvalue weighted by Gasteiger charge is -2.08. The van der Waals surface area contributed by atoms with Gasteiger partial charge in [0.2, 0.25) is 5.88 Å². The van der Waals surface area contributed by atoms with Crippen molar-refractivity contribution in [1.82, 2.24) is 9.97 Å². The minimum atomic E-state index is 0.538. The predicted octanol–water partition coefficient (Wildman–Crippen LogP) is 3.31. The molecule has 94 valence electrons. The Morgan fingerprint density at radius 2 is 1.95 bits per heavy atom. The summed E-state index contributed by atoms with van der Waals surface area (Å²) < 4.78 is 5.82. The number of ether oxygens (including phenoxy) is 1. The van der Waals surface area contributed by atoms with Crippen LogP contribution in [-0.4, -0.2) is 9.97 Å². The lowest BCUT2D eigenvalue weighted by molar-refractivity contribution is 0.468. The van der Waals surface area contributed by atoms with Gasteiger partial charge >= 0.3 is 0 Å². The molecule has 0 saturated heterocycles. The van der Waals surface area contributed by atoms with Gasteiger partial charge in [-0.25, -0.2) is 9.97 Å². The summed E-state index contributed by atoms with van der Waals surface area (Å²) >= 11 is 0. The highest BCUT2D eigenvalue weighted by Gasteiger charge is 2.06. The van der Waals surface area contributed by atoms with Crippen LogP contribution in [0.5, 0.6) is 11.6 Å². The molecule has 0 spiro atoms. The van der Waals surface area contributed by atoms with Gasteiger partial charge in [-0.15, -0.1) is 0 Å². The van der Waals surface area contributed by atoms with Crippen molar-refractivity contribution in [2.24, 2.45) is 0 Å². The Bertz CT molecular complexity index is 740. The van der Waals surface area contributed by atoms with Crippen LogP contribution in [0.2, 0.25) is 0 Å². The number of aromatic nitrogens is 2. The van der Waals surface area contributed by atoms with Crippen LogP contribution in [0.4, 0.5) is 5.69 Å². The second-order valence-electron chi connectivity index (χ2n) is 4.37. The molecule has 0 aliphatic carbocycles. The Kier molecular flexibility index (Phi) is 2.76. The molecule has 0 bridgehead atoms. The maximum absolute atomic E-state index is 5.82. The van der Waals surface area contributed by atoms with Gasteiger partial charge in [-0.05, 0) is 42.8 Å². The molecule has 3 rings (SSSR count). The van der Waals surface area contributed by atoms with Crippen molar-refractivity contribution in [3.63, 3.8) is 0 Å².